The van der Waals surface area contributed by atoms with E-state index in [2.05, 4.69) is 11.6 Å². The Kier molecular flexibility index (Phi) is 7.87. The lowest BCUT2D eigenvalue weighted by Crippen LogP contribution is -2.53. The molecule has 0 aliphatic carbocycles. The Balaban J connectivity index is 2.35. The van der Waals surface area contributed by atoms with E-state index < -0.39 is 69.6 Å². The van der Waals surface area contributed by atoms with E-state index in [-0.39, 0.29) is 17.7 Å². The first-order valence-corrected chi connectivity index (χ1v) is 11.3. The molecule has 3 rings (SSSR count). The Hall–Kier alpha value is -3.55. The van der Waals surface area contributed by atoms with Gasteiger partial charge in [-0.1, -0.05) is 0 Å². The number of hydrogen-bond acceptors (Lipinski definition) is 7. The number of carbonyl (C=O) groups is 2. The average Bonchev–Trinajstić information content (AvgIpc) is 3.19. The monoisotopic (exact) mass is 568 g/mol. The van der Waals surface area contributed by atoms with E-state index in [4.69, 9.17) is 9.47 Å². The molecule has 0 N–H and O–H groups in total. The number of alkyl halides is 7. The van der Waals surface area contributed by atoms with Crippen LogP contribution in [-0.2, 0) is 19.1 Å². The molecule has 1 aromatic carbocycles. The quantitative estimate of drug-likeness (QED) is 0.131. The topological polar surface area (TPSA) is 99.0 Å². The number of halogens is 7. The fourth-order valence-electron chi connectivity index (χ4n) is 4.10. The van der Waals surface area contributed by atoms with Gasteiger partial charge >= 0.3 is 29.2 Å². The normalized spacial score (nSPS) is 19.7. The third-order valence-corrected chi connectivity index (χ3v) is 5.99. The van der Waals surface area contributed by atoms with E-state index in [0.717, 1.165) is 47.5 Å². The Morgan fingerprint density at radius 3 is 2.08 bits per heavy atom. The molecule has 15 heteroatoms. The van der Waals surface area contributed by atoms with Crippen molar-refractivity contribution in [3.8, 4) is 0 Å². The summed E-state index contributed by atoms with van der Waals surface area (Å²) in [4.78, 5) is 36.3. The predicted octanol–water partition coefficient (Wildman–Crippen LogP) is 5.30. The lowest BCUT2D eigenvalue weighted by molar-refractivity contribution is -0.384. The summed E-state index contributed by atoms with van der Waals surface area (Å²) in [5, 5.41) is 5.28. The summed E-state index contributed by atoms with van der Waals surface area (Å²) in [7, 11) is 0. The molecule has 1 aromatic rings. The lowest BCUT2D eigenvalue weighted by Gasteiger charge is -2.36. The highest BCUT2D eigenvalue weighted by Gasteiger charge is 2.75. The zero-order valence-electron chi connectivity index (χ0n) is 19.6. The van der Waals surface area contributed by atoms with Crippen LogP contribution in [0.5, 0.6) is 0 Å². The van der Waals surface area contributed by atoms with Gasteiger partial charge in [0.05, 0.1) is 41.4 Å². The number of fused-ring (bicyclic) bond motifs is 1. The van der Waals surface area contributed by atoms with Crippen molar-refractivity contribution in [1.29, 1.82) is 0 Å². The molecule has 2 atom stereocenters. The Bertz CT molecular complexity index is 1230. The van der Waals surface area contributed by atoms with Crippen LogP contribution in [0.15, 0.2) is 59.3 Å². The summed E-state index contributed by atoms with van der Waals surface area (Å²) in [5.74, 6) is -14.4. The third kappa shape index (κ3) is 4.84. The Morgan fingerprint density at radius 1 is 1.03 bits per heavy atom. The van der Waals surface area contributed by atoms with Crippen LogP contribution in [0.25, 0.3) is 0 Å². The van der Waals surface area contributed by atoms with Crippen molar-refractivity contribution in [2.24, 2.45) is 0 Å². The number of ether oxygens (including phenoxy) is 2. The fraction of sp³-hybridized carbons (Fsp3) is 0.391. The molecule has 2 heterocycles. The molecule has 0 bridgehead atoms. The summed E-state index contributed by atoms with van der Waals surface area (Å²) in [6.45, 7) is 2.29. The molecule has 0 spiro atoms. The van der Waals surface area contributed by atoms with E-state index >= 15 is 8.78 Å². The summed E-state index contributed by atoms with van der Waals surface area (Å²) >= 11 is 4.40. The number of esters is 2. The Morgan fingerprint density at radius 2 is 1.58 bits per heavy atom. The molecule has 38 heavy (non-hydrogen) atoms. The number of nitrogens with zero attached hydrogens (tertiary/aromatic N) is 2. The molecule has 2 aliphatic rings. The van der Waals surface area contributed by atoms with Crippen LogP contribution in [0.1, 0.15) is 25.5 Å². The van der Waals surface area contributed by atoms with Crippen molar-refractivity contribution < 1.29 is 50.3 Å². The second kappa shape index (κ2) is 10.3. The minimum atomic E-state index is -6.21. The van der Waals surface area contributed by atoms with Crippen molar-refractivity contribution >= 4 is 29.2 Å². The molecule has 0 fully saturated rings. The first kappa shape index (κ1) is 29.0. The van der Waals surface area contributed by atoms with Gasteiger partial charge in [-0.3, -0.25) is 10.1 Å². The van der Waals surface area contributed by atoms with Gasteiger partial charge in [0.15, 0.2) is 0 Å². The fourth-order valence-corrected chi connectivity index (χ4v) is 4.22. The number of non-ortho nitro benzene ring substituents is 1. The van der Waals surface area contributed by atoms with Crippen molar-refractivity contribution in [3.63, 3.8) is 0 Å². The first-order chi connectivity index (χ1) is 17.6. The van der Waals surface area contributed by atoms with Crippen molar-refractivity contribution in [2.75, 3.05) is 13.2 Å². The maximum absolute atomic E-state index is 15.6. The van der Waals surface area contributed by atoms with Crippen LogP contribution in [0.2, 0.25) is 0 Å². The van der Waals surface area contributed by atoms with Crippen LogP contribution >= 0.6 is 11.6 Å². The summed E-state index contributed by atoms with van der Waals surface area (Å²) in [6, 6.07) is -0.0522. The van der Waals surface area contributed by atoms with Crippen LogP contribution in [0.3, 0.4) is 0 Å². The zero-order valence-corrected chi connectivity index (χ0v) is 20.4. The Labute approximate surface area is 216 Å². The van der Waals surface area contributed by atoms with E-state index in [9.17, 15) is 37.3 Å². The van der Waals surface area contributed by atoms with Gasteiger partial charge in [-0.05, 0) is 55.3 Å². The molecular formula is C23H19ClF6N2O6. The summed E-state index contributed by atoms with van der Waals surface area (Å²) in [5.41, 5.74) is -3.92. The molecule has 2 aliphatic heterocycles. The number of rotatable bonds is 9. The number of nitro groups is 1. The van der Waals surface area contributed by atoms with Crippen LogP contribution in [0, 0.1) is 10.1 Å². The number of carbonyl (C=O) groups excluding carboxylic acids is 2. The molecule has 8 nitrogen and oxygen atoms in total. The molecule has 0 aromatic heterocycles. The zero-order chi connectivity index (χ0) is 28.6. The molecule has 0 saturated carbocycles. The highest BCUT2D eigenvalue weighted by atomic mass is 35.5. The molecule has 0 radical (unpaired) electrons. The number of benzene rings is 1. The van der Waals surface area contributed by atoms with E-state index in [0.29, 0.717) is 0 Å². The van der Waals surface area contributed by atoms with E-state index in [1.54, 1.807) is 0 Å². The predicted molar refractivity (Wildman–Crippen MR) is 120 cm³/mol. The molecule has 2 unspecified atom stereocenters. The smallest absolute Gasteiger partial charge is 0.390 e. The molecule has 0 saturated heterocycles. The van der Waals surface area contributed by atoms with Crippen LogP contribution in [0.4, 0.5) is 32.0 Å². The maximum Gasteiger partial charge on any atom is 0.390 e. The van der Waals surface area contributed by atoms with E-state index in [1.807, 2.05) is 0 Å². The van der Waals surface area contributed by atoms with Gasteiger partial charge in [-0.15, -0.1) is 0 Å². The van der Waals surface area contributed by atoms with Gasteiger partial charge in [0.2, 0.25) is 0 Å². The molecule has 0 amide bonds. The molecular weight excluding hydrogens is 550 g/mol. The van der Waals surface area contributed by atoms with Gasteiger partial charge in [0.25, 0.3) is 5.69 Å². The second-order valence-corrected chi connectivity index (χ2v) is 8.47. The SMILES string of the molecule is CCOC(=O)C1=CC2C(C(=O)OCC)=C(C(F)(F)C(F)(F)C(F)(F)Cl)C(c3ccc([N+](=O)[O-])cc3)N2C=C1. The maximum atomic E-state index is 15.6. The standard InChI is InChI=1S/C23H19ClF6N2O6/c1-3-37-19(33)13-9-10-31-15(11-13)16(20(34)38-4-2)17(21(25,26)22(27,28)23(24,29)30)18(31)12-5-7-14(8-6-12)32(35)36/h5-11,15,18H,3-4H2,1-2H3. The van der Waals surface area contributed by atoms with Gasteiger partial charge in [-0.2, -0.15) is 26.3 Å². The summed E-state index contributed by atoms with van der Waals surface area (Å²) < 4.78 is 97.2. The second-order valence-electron chi connectivity index (χ2n) is 8.00. The van der Waals surface area contributed by atoms with Gasteiger partial charge in [0, 0.05) is 23.9 Å². The van der Waals surface area contributed by atoms with Gasteiger partial charge in [0.1, 0.15) is 0 Å². The highest BCUT2D eigenvalue weighted by Crippen LogP contribution is 2.58. The van der Waals surface area contributed by atoms with Gasteiger partial charge < -0.3 is 14.4 Å². The first-order valence-electron chi connectivity index (χ1n) is 10.9. The third-order valence-electron chi connectivity index (χ3n) is 5.76. The number of nitro benzene ring substituents is 1. The van der Waals surface area contributed by atoms with E-state index in [1.165, 1.54) is 13.8 Å². The minimum absolute atomic E-state index is 0.0786. The van der Waals surface area contributed by atoms with Crippen LogP contribution in [-0.4, -0.2) is 58.2 Å². The van der Waals surface area contributed by atoms with Crippen molar-refractivity contribution in [3.05, 3.63) is 75.0 Å². The highest BCUT2D eigenvalue weighted by molar-refractivity contribution is 6.22. The largest absolute Gasteiger partial charge is 0.463 e. The summed E-state index contributed by atoms with van der Waals surface area (Å²) in [6.07, 6.45) is 3.07. The van der Waals surface area contributed by atoms with Crippen LogP contribution < -0.4 is 0 Å². The van der Waals surface area contributed by atoms with Gasteiger partial charge in [-0.25, -0.2) is 9.59 Å². The number of hydrogen-bond donors (Lipinski definition) is 0. The van der Waals surface area contributed by atoms with Crippen molar-refractivity contribution in [2.45, 2.75) is 43.2 Å². The van der Waals surface area contributed by atoms with Crippen molar-refractivity contribution in [1.82, 2.24) is 4.90 Å². The average molecular weight is 569 g/mol. The molecule has 206 valence electrons. The minimum Gasteiger partial charge on any atom is -0.463 e. The lowest BCUT2D eigenvalue weighted by atomic mass is 9.88.